The van der Waals surface area contributed by atoms with Gasteiger partial charge in [0.25, 0.3) is 0 Å². The first kappa shape index (κ1) is 22.7. The zero-order valence-corrected chi connectivity index (χ0v) is 18.6. The Morgan fingerprint density at radius 2 is 0.964 bits per heavy atom. The molecule has 2 heterocycles. The van der Waals surface area contributed by atoms with Gasteiger partial charge in [0, 0.05) is 0 Å². The van der Waals surface area contributed by atoms with Gasteiger partial charge in [-0.1, -0.05) is 39.5 Å². The molecule has 0 aliphatic heterocycles. The Kier molecular flexibility index (Phi) is 11.7. The number of nitrogens with zero attached hydrogens (tertiary/aromatic N) is 4. The van der Waals surface area contributed by atoms with Gasteiger partial charge in [0.1, 0.15) is 24.8 Å². The molecule has 0 N–H and O–H groups in total. The summed E-state index contributed by atoms with van der Waals surface area (Å²) in [7, 11) is 0. The van der Waals surface area contributed by atoms with Crippen molar-refractivity contribution in [2.24, 2.45) is 0 Å². The number of rotatable bonds is 17. The molecule has 28 heavy (non-hydrogen) atoms. The molecule has 0 amide bonds. The van der Waals surface area contributed by atoms with Crippen molar-refractivity contribution in [1.82, 2.24) is 9.13 Å². The highest BCUT2D eigenvalue weighted by Gasteiger charge is 2.05. The average molecular weight is 389 g/mol. The predicted octanol–water partition coefficient (Wildman–Crippen LogP) is 5.29. The van der Waals surface area contributed by atoms with Crippen LogP contribution >= 0.6 is 0 Å². The molecule has 2 rings (SSSR count). The molecular weight excluding hydrogens is 344 g/mol. The van der Waals surface area contributed by atoms with Crippen LogP contribution in [0.2, 0.25) is 0 Å². The van der Waals surface area contributed by atoms with Crippen LogP contribution in [0.15, 0.2) is 37.4 Å². The molecule has 0 atom stereocenters. The largest absolute Gasteiger partial charge is 0.243 e. The summed E-state index contributed by atoms with van der Waals surface area (Å²) < 4.78 is 9.40. The van der Waals surface area contributed by atoms with Crippen LogP contribution in [0.5, 0.6) is 0 Å². The number of unbranched alkanes of at least 4 members (excludes halogenated alkanes) is 9. The lowest BCUT2D eigenvalue weighted by atomic mass is 10.2. The lowest BCUT2D eigenvalue weighted by Gasteiger charge is -2.00. The Labute approximate surface area is 173 Å². The molecular formula is C24H44N4+2. The molecule has 158 valence electrons. The predicted molar refractivity (Wildman–Crippen MR) is 116 cm³/mol. The number of hydrogen-bond acceptors (Lipinski definition) is 0. The van der Waals surface area contributed by atoms with Crippen molar-refractivity contribution >= 4 is 0 Å². The first-order chi connectivity index (χ1) is 13.8. The number of hydrogen-bond donors (Lipinski definition) is 0. The Bertz CT molecular complexity index is 559. The van der Waals surface area contributed by atoms with Crippen LogP contribution in [-0.4, -0.2) is 9.13 Å². The van der Waals surface area contributed by atoms with Gasteiger partial charge in [-0.25, -0.2) is 18.3 Å². The molecule has 0 radical (unpaired) electrons. The summed E-state index contributed by atoms with van der Waals surface area (Å²) in [5.74, 6) is 0. The standard InChI is InChI=1S/C24H44N4/c1-3-5-7-11-15-25-19-21-27(23-25)17-13-9-10-14-18-28-22-20-26(24-28)16-12-8-6-4-2/h19-24H,3-18H2,1-2H3/q+2. The van der Waals surface area contributed by atoms with Gasteiger partial charge in [-0.2, -0.15) is 0 Å². The third kappa shape index (κ3) is 9.57. The minimum Gasteiger partial charge on any atom is -0.237 e. The SMILES string of the molecule is CCCCCCn1cc[n+](CCCCCC[n+]2ccn(CCCCCC)c2)c1. The molecule has 0 saturated carbocycles. The van der Waals surface area contributed by atoms with E-state index in [9.17, 15) is 0 Å². The van der Waals surface area contributed by atoms with E-state index in [1.54, 1.807) is 0 Å². The van der Waals surface area contributed by atoms with E-state index >= 15 is 0 Å². The van der Waals surface area contributed by atoms with Crippen LogP contribution in [0.3, 0.4) is 0 Å². The summed E-state index contributed by atoms with van der Waals surface area (Å²) in [6, 6.07) is 0. The maximum atomic E-state index is 2.35. The summed E-state index contributed by atoms with van der Waals surface area (Å²) in [5, 5.41) is 0. The highest BCUT2D eigenvalue weighted by Crippen LogP contribution is 2.03. The molecule has 0 spiro atoms. The van der Waals surface area contributed by atoms with Crippen molar-refractivity contribution in [3.63, 3.8) is 0 Å². The first-order valence-electron chi connectivity index (χ1n) is 11.9. The molecule has 0 saturated heterocycles. The quantitative estimate of drug-likeness (QED) is 0.259. The lowest BCUT2D eigenvalue weighted by molar-refractivity contribution is -0.698. The fourth-order valence-electron chi connectivity index (χ4n) is 3.79. The summed E-state index contributed by atoms with van der Waals surface area (Å²) in [6.07, 6.45) is 29.4. The summed E-state index contributed by atoms with van der Waals surface area (Å²) in [4.78, 5) is 0. The van der Waals surface area contributed by atoms with Crippen LogP contribution in [-0.2, 0) is 26.2 Å². The van der Waals surface area contributed by atoms with Gasteiger partial charge in [0.15, 0.2) is 0 Å². The summed E-state index contributed by atoms with van der Waals surface area (Å²) in [6.45, 7) is 9.19. The van der Waals surface area contributed by atoms with E-state index in [0.29, 0.717) is 0 Å². The van der Waals surface area contributed by atoms with Crippen LogP contribution < -0.4 is 9.13 Å². The first-order valence-corrected chi connectivity index (χ1v) is 11.9. The maximum Gasteiger partial charge on any atom is 0.243 e. The molecule has 0 aliphatic carbocycles. The molecule has 0 unspecified atom stereocenters. The second-order valence-electron chi connectivity index (χ2n) is 8.31. The fourth-order valence-corrected chi connectivity index (χ4v) is 3.79. The highest BCUT2D eigenvalue weighted by atomic mass is 15.1. The second-order valence-corrected chi connectivity index (χ2v) is 8.31. The van der Waals surface area contributed by atoms with E-state index in [1.165, 1.54) is 90.1 Å². The van der Waals surface area contributed by atoms with Crippen molar-refractivity contribution in [2.45, 2.75) is 117 Å². The molecule has 0 fully saturated rings. The fraction of sp³-hybridized carbons (Fsp3) is 0.750. The minimum absolute atomic E-state index is 1.16. The summed E-state index contributed by atoms with van der Waals surface area (Å²) >= 11 is 0. The van der Waals surface area contributed by atoms with Gasteiger partial charge in [-0.15, -0.1) is 0 Å². The third-order valence-electron chi connectivity index (χ3n) is 5.61. The Hall–Kier alpha value is -1.58. The Morgan fingerprint density at radius 1 is 0.536 bits per heavy atom. The third-order valence-corrected chi connectivity index (χ3v) is 5.61. The molecule has 0 aliphatic rings. The molecule has 2 aromatic heterocycles. The topological polar surface area (TPSA) is 17.6 Å². The van der Waals surface area contributed by atoms with Crippen molar-refractivity contribution in [3.05, 3.63) is 37.4 Å². The van der Waals surface area contributed by atoms with Crippen molar-refractivity contribution < 1.29 is 9.13 Å². The average Bonchev–Trinajstić information content (AvgIpc) is 3.35. The van der Waals surface area contributed by atoms with Gasteiger partial charge in [-0.3, -0.25) is 0 Å². The van der Waals surface area contributed by atoms with Gasteiger partial charge in [0.05, 0.1) is 26.2 Å². The Morgan fingerprint density at radius 3 is 1.39 bits per heavy atom. The molecule has 4 heteroatoms. The van der Waals surface area contributed by atoms with E-state index in [2.05, 4.69) is 69.6 Å². The normalized spacial score (nSPS) is 11.4. The van der Waals surface area contributed by atoms with Crippen LogP contribution in [0, 0.1) is 0 Å². The van der Waals surface area contributed by atoms with Gasteiger partial charge >= 0.3 is 0 Å². The monoisotopic (exact) mass is 388 g/mol. The lowest BCUT2D eigenvalue weighted by Crippen LogP contribution is -2.31. The minimum atomic E-state index is 1.16. The van der Waals surface area contributed by atoms with Gasteiger partial charge in [0.2, 0.25) is 12.7 Å². The molecule has 0 bridgehead atoms. The Balaban J connectivity index is 1.49. The van der Waals surface area contributed by atoms with Crippen molar-refractivity contribution in [1.29, 1.82) is 0 Å². The number of aryl methyl sites for hydroxylation is 4. The van der Waals surface area contributed by atoms with Gasteiger partial charge < -0.3 is 0 Å². The number of imidazole rings is 2. The summed E-state index contributed by atoms with van der Waals surface area (Å²) in [5.41, 5.74) is 0. The second kappa shape index (κ2) is 14.4. The zero-order chi connectivity index (χ0) is 19.9. The zero-order valence-electron chi connectivity index (χ0n) is 18.6. The smallest absolute Gasteiger partial charge is 0.237 e. The van der Waals surface area contributed by atoms with Crippen molar-refractivity contribution in [3.8, 4) is 0 Å². The molecule has 0 aromatic carbocycles. The molecule has 2 aromatic rings. The molecule has 4 nitrogen and oxygen atoms in total. The van der Waals surface area contributed by atoms with Gasteiger partial charge in [-0.05, 0) is 51.4 Å². The van der Waals surface area contributed by atoms with E-state index < -0.39 is 0 Å². The maximum absolute atomic E-state index is 2.35. The van der Waals surface area contributed by atoms with Crippen LogP contribution in [0.25, 0.3) is 0 Å². The van der Waals surface area contributed by atoms with Crippen LogP contribution in [0.1, 0.15) is 90.9 Å². The van der Waals surface area contributed by atoms with E-state index in [1.807, 2.05) is 0 Å². The van der Waals surface area contributed by atoms with E-state index in [-0.39, 0.29) is 0 Å². The van der Waals surface area contributed by atoms with E-state index in [0.717, 1.165) is 13.1 Å². The number of aromatic nitrogens is 4. The van der Waals surface area contributed by atoms with Crippen LogP contribution in [0.4, 0.5) is 0 Å². The van der Waals surface area contributed by atoms with E-state index in [4.69, 9.17) is 0 Å². The van der Waals surface area contributed by atoms with Crippen molar-refractivity contribution in [2.75, 3.05) is 0 Å². The highest BCUT2D eigenvalue weighted by molar-refractivity contribution is 4.67.